The van der Waals surface area contributed by atoms with Gasteiger partial charge in [-0.3, -0.25) is 9.19 Å². The molecule has 0 saturated carbocycles. The number of benzene rings is 2. The van der Waals surface area contributed by atoms with Crippen LogP contribution in [0.2, 0.25) is 0 Å². The first kappa shape index (κ1) is 17.9. The minimum Gasteiger partial charge on any atom is -0.354 e. The van der Waals surface area contributed by atoms with Gasteiger partial charge in [-0.2, -0.15) is 0 Å². The van der Waals surface area contributed by atoms with Crippen LogP contribution in [-0.4, -0.2) is 19.9 Å². The number of aromatic nitrogens is 2. The van der Waals surface area contributed by atoms with E-state index in [1.807, 2.05) is 30.3 Å². The molecule has 1 aliphatic rings. The van der Waals surface area contributed by atoms with Crippen LogP contribution in [0.25, 0.3) is 33.6 Å². The fourth-order valence-corrected chi connectivity index (χ4v) is 5.02. The van der Waals surface area contributed by atoms with Crippen LogP contribution in [0.3, 0.4) is 0 Å². The number of nitrogens with zero attached hydrogens (tertiary/aromatic N) is 1. The van der Waals surface area contributed by atoms with Crippen molar-refractivity contribution < 1.29 is 13.0 Å². The van der Waals surface area contributed by atoms with Gasteiger partial charge >= 0.3 is 0 Å². The number of rotatable bonds is 3. The van der Waals surface area contributed by atoms with Crippen molar-refractivity contribution in [3.8, 4) is 33.6 Å². The van der Waals surface area contributed by atoms with Crippen LogP contribution >= 0.6 is 0 Å². The average molecular weight is 406 g/mol. The molecule has 144 valence electrons. The monoisotopic (exact) mass is 406 g/mol. The number of nitrogens with one attached hydrogen (secondary N) is 1. The van der Waals surface area contributed by atoms with E-state index in [1.54, 1.807) is 18.5 Å². The highest BCUT2D eigenvalue weighted by Gasteiger charge is 2.20. The van der Waals surface area contributed by atoms with Crippen molar-refractivity contribution >= 4 is 10.8 Å². The lowest BCUT2D eigenvalue weighted by Crippen LogP contribution is -1.88. The minimum atomic E-state index is -0.920. The summed E-state index contributed by atoms with van der Waals surface area (Å²) < 4.78 is 39.4. The van der Waals surface area contributed by atoms with Crippen molar-refractivity contribution in [2.45, 2.75) is 11.3 Å². The van der Waals surface area contributed by atoms with E-state index < -0.39 is 22.4 Å². The summed E-state index contributed by atoms with van der Waals surface area (Å²) in [5.41, 5.74) is 5.97. The Kier molecular flexibility index (Phi) is 4.36. The number of H-pyrrole nitrogens is 1. The fourth-order valence-electron chi connectivity index (χ4n) is 3.73. The van der Waals surface area contributed by atoms with E-state index in [-0.39, 0.29) is 0 Å². The van der Waals surface area contributed by atoms with E-state index >= 15 is 0 Å². The van der Waals surface area contributed by atoms with Gasteiger partial charge in [-0.1, -0.05) is 6.07 Å². The second-order valence-electron chi connectivity index (χ2n) is 6.96. The molecule has 1 atom stereocenters. The van der Waals surface area contributed by atoms with Crippen molar-refractivity contribution in [1.29, 1.82) is 0 Å². The Morgan fingerprint density at radius 1 is 0.862 bits per heavy atom. The molecule has 6 heteroatoms. The normalized spacial score (nSPS) is 15.4. The molecule has 3 nitrogen and oxygen atoms in total. The molecule has 0 aliphatic carbocycles. The predicted octanol–water partition coefficient (Wildman–Crippen LogP) is 5.35. The van der Waals surface area contributed by atoms with Gasteiger partial charge in [0.05, 0.1) is 16.5 Å². The Balaban J connectivity index is 1.67. The molecule has 5 rings (SSSR count). The summed E-state index contributed by atoms with van der Waals surface area (Å²) in [6.45, 7) is 0. The third kappa shape index (κ3) is 3.19. The lowest BCUT2D eigenvalue weighted by atomic mass is 10.0. The summed E-state index contributed by atoms with van der Waals surface area (Å²) in [5, 5.41) is 0. The molecule has 3 heterocycles. The van der Waals surface area contributed by atoms with E-state index in [2.05, 4.69) is 16.0 Å². The van der Waals surface area contributed by atoms with Gasteiger partial charge in [0.1, 0.15) is 0 Å². The first-order valence-corrected chi connectivity index (χ1v) is 10.5. The highest BCUT2D eigenvalue weighted by Crippen LogP contribution is 2.37. The molecular weight excluding hydrogens is 390 g/mol. The van der Waals surface area contributed by atoms with E-state index in [0.717, 1.165) is 45.3 Å². The molecule has 0 radical (unpaired) electrons. The molecule has 2 aromatic carbocycles. The van der Waals surface area contributed by atoms with Crippen molar-refractivity contribution in [3.63, 3.8) is 0 Å². The first-order chi connectivity index (χ1) is 14.1. The minimum absolute atomic E-state index is 0.559. The topological polar surface area (TPSA) is 45.8 Å². The zero-order chi connectivity index (χ0) is 20.0. The van der Waals surface area contributed by atoms with Gasteiger partial charge in [0.15, 0.2) is 11.6 Å². The molecule has 1 aliphatic heterocycles. The number of hydrogen-bond donors (Lipinski definition) is 1. The smallest absolute Gasteiger partial charge is 0.159 e. The van der Waals surface area contributed by atoms with Gasteiger partial charge in [0.25, 0.3) is 0 Å². The van der Waals surface area contributed by atoms with Crippen LogP contribution in [0.4, 0.5) is 8.78 Å². The number of fused-ring (bicyclic) bond motifs is 1. The second kappa shape index (κ2) is 7.04. The van der Waals surface area contributed by atoms with Gasteiger partial charge < -0.3 is 4.98 Å². The second-order valence-corrected chi connectivity index (χ2v) is 8.50. The predicted molar refractivity (Wildman–Crippen MR) is 110 cm³/mol. The summed E-state index contributed by atoms with van der Waals surface area (Å²) in [4.78, 5) is 8.34. The maximum Gasteiger partial charge on any atom is 0.159 e. The molecular formula is C23H16F2N2OS. The van der Waals surface area contributed by atoms with Crippen LogP contribution in [0.5, 0.6) is 0 Å². The average Bonchev–Trinajstić information content (AvgIpc) is 3.35. The molecule has 0 fully saturated rings. The fraction of sp³-hybridized carbons (Fsp3) is 0.0870. The van der Waals surface area contributed by atoms with Crippen molar-refractivity contribution in [3.05, 3.63) is 84.2 Å². The van der Waals surface area contributed by atoms with Gasteiger partial charge in [0.2, 0.25) is 0 Å². The van der Waals surface area contributed by atoms with E-state index in [4.69, 9.17) is 0 Å². The molecule has 0 saturated heterocycles. The van der Waals surface area contributed by atoms with Crippen LogP contribution in [0.15, 0.2) is 71.9 Å². The quantitative estimate of drug-likeness (QED) is 0.498. The first-order valence-electron chi connectivity index (χ1n) is 9.20. The molecule has 0 amide bonds. The number of halogens is 2. The number of aryl methyl sites for hydroxylation is 1. The third-order valence-corrected chi connectivity index (χ3v) is 6.65. The lowest BCUT2D eigenvalue weighted by molar-refractivity contribution is 0.509. The standard InChI is InChI=1S/C23H16F2N2OS/c24-19-3-1-17(12-20(19)25)23-18(14-5-8-26-9-6-14)13-21(27-23)15-2-4-22-16(11-15)7-10-29(22)28/h1-6,8-9,11-13,27H,7,10H2. The van der Waals surface area contributed by atoms with E-state index in [1.165, 1.54) is 6.07 Å². The van der Waals surface area contributed by atoms with Gasteiger partial charge in [-0.15, -0.1) is 0 Å². The summed E-state index contributed by atoms with van der Waals surface area (Å²) in [5.74, 6) is -1.11. The molecule has 1 unspecified atom stereocenters. The maximum atomic E-state index is 13.9. The highest BCUT2D eigenvalue weighted by molar-refractivity contribution is 7.85. The number of hydrogen-bond acceptors (Lipinski definition) is 2. The Labute approximate surface area is 168 Å². The summed E-state index contributed by atoms with van der Waals surface area (Å²) in [6.07, 6.45) is 4.19. The van der Waals surface area contributed by atoms with Crippen LogP contribution in [0.1, 0.15) is 5.56 Å². The SMILES string of the molecule is O=S1CCc2cc(-c3cc(-c4ccncc4)c(-c4ccc(F)c(F)c4)[nH]3)ccc21. The van der Waals surface area contributed by atoms with Crippen molar-refractivity contribution in [2.75, 3.05) is 5.75 Å². The summed E-state index contributed by atoms with van der Waals surface area (Å²) in [6, 6.07) is 15.6. The van der Waals surface area contributed by atoms with E-state index in [0.29, 0.717) is 17.0 Å². The van der Waals surface area contributed by atoms with Crippen LogP contribution in [0, 0.1) is 11.6 Å². The molecule has 29 heavy (non-hydrogen) atoms. The van der Waals surface area contributed by atoms with Crippen molar-refractivity contribution in [2.24, 2.45) is 0 Å². The van der Waals surface area contributed by atoms with E-state index in [9.17, 15) is 13.0 Å². The largest absolute Gasteiger partial charge is 0.354 e. The van der Waals surface area contributed by atoms with Gasteiger partial charge in [-0.25, -0.2) is 8.78 Å². The molecule has 2 aromatic heterocycles. The molecule has 0 bridgehead atoms. The number of aromatic amines is 1. The van der Waals surface area contributed by atoms with Crippen LogP contribution in [-0.2, 0) is 17.2 Å². The summed E-state index contributed by atoms with van der Waals surface area (Å²) >= 11 is 0. The molecule has 0 spiro atoms. The van der Waals surface area contributed by atoms with Crippen molar-refractivity contribution in [1.82, 2.24) is 9.97 Å². The van der Waals surface area contributed by atoms with Crippen LogP contribution < -0.4 is 0 Å². The molecule has 1 N–H and O–H groups in total. The Bertz CT molecular complexity index is 1250. The lowest BCUT2D eigenvalue weighted by Gasteiger charge is -2.05. The Hall–Kier alpha value is -3.12. The number of pyridine rings is 1. The third-order valence-electron chi connectivity index (χ3n) is 5.19. The summed E-state index contributed by atoms with van der Waals surface area (Å²) in [7, 11) is -0.920. The van der Waals surface area contributed by atoms with Gasteiger partial charge in [-0.05, 0) is 71.6 Å². The molecule has 4 aromatic rings. The maximum absolute atomic E-state index is 13.9. The zero-order valence-electron chi connectivity index (χ0n) is 15.3. The Morgan fingerprint density at radius 3 is 2.45 bits per heavy atom. The van der Waals surface area contributed by atoms with Gasteiger partial charge in [0, 0.05) is 39.9 Å². The zero-order valence-corrected chi connectivity index (χ0v) is 16.1. The Morgan fingerprint density at radius 2 is 1.66 bits per heavy atom. The highest BCUT2D eigenvalue weighted by atomic mass is 32.2.